The van der Waals surface area contributed by atoms with E-state index >= 15 is 0 Å². The molecular formula is C13H14N2OS. The smallest absolute Gasteiger partial charge is 0.187 e. The van der Waals surface area contributed by atoms with Crippen LogP contribution in [-0.4, -0.2) is 10.4 Å². The molecule has 0 amide bonds. The first-order chi connectivity index (χ1) is 8.00. The third-order valence-electron chi connectivity index (χ3n) is 2.68. The van der Waals surface area contributed by atoms with Gasteiger partial charge in [0.15, 0.2) is 10.6 Å². The van der Waals surface area contributed by atoms with Crippen molar-refractivity contribution in [3.8, 4) is 5.69 Å². The van der Waals surface area contributed by atoms with Gasteiger partial charge in [0, 0.05) is 18.3 Å². The Kier molecular flexibility index (Phi) is 2.98. The number of carbonyl (C=O) groups is 1. The van der Waals surface area contributed by atoms with Crippen LogP contribution in [0.15, 0.2) is 24.3 Å². The van der Waals surface area contributed by atoms with Gasteiger partial charge in [0.2, 0.25) is 0 Å². The second-order valence-electron chi connectivity index (χ2n) is 4.05. The summed E-state index contributed by atoms with van der Waals surface area (Å²) in [6.45, 7) is 5.44. The van der Waals surface area contributed by atoms with Crippen LogP contribution >= 0.6 is 11.3 Å². The number of Topliss-reactive ketones (excluding diaryl/α,β-unsaturated/α-hetero) is 1. The number of hydrogen-bond acceptors (Lipinski definition) is 3. The van der Waals surface area contributed by atoms with E-state index in [0.717, 1.165) is 11.4 Å². The molecule has 2 aromatic rings. The molecule has 3 nitrogen and oxygen atoms in total. The van der Waals surface area contributed by atoms with E-state index in [4.69, 9.17) is 5.41 Å². The SMILES string of the molecule is CC(=O)c1sc(=N)n(-c2ccc(C)cc2)c1C. The van der Waals surface area contributed by atoms with Crippen molar-refractivity contribution < 1.29 is 4.79 Å². The molecule has 0 saturated carbocycles. The summed E-state index contributed by atoms with van der Waals surface area (Å²) in [4.78, 5) is 12.5. The van der Waals surface area contributed by atoms with Crippen LogP contribution < -0.4 is 4.80 Å². The van der Waals surface area contributed by atoms with E-state index in [1.54, 1.807) is 4.57 Å². The van der Waals surface area contributed by atoms with E-state index in [1.165, 1.54) is 23.8 Å². The molecule has 0 aliphatic heterocycles. The molecular weight excluding hydrogens is 232 g/mol. The molecule has 0 aliphatic carbocycles. The van der Waals surface area contributed by atoms with Gasteiger partial charge in [-0.25, -0.2) is 0 Å². The second-order valence-corrected chi connectivity index (χ2v) is 5.05. The predicted molar refractivity (Wildman–Crippen MR) is 69.0 cm³/mol. The summed E-state index contributed by atoms with van der Waals surface area (Å²) >= 11 is 1.23. The molecule has 88 valence electrons. The Morgan fingerprint density at radius 1 is 1.24 bits per heavy atom. The third kappa shape index (κ3) is 2.08. The highest BCUT2D eigenvalue weighted by atomic mass is 32.1. The first kappa shape index (κ1) is 11.8. The molecule has 1 N–H and O–H groups in total. The summed E-state index contributed by atoms with van der Waals surface area (Å²) in [5.74, 6) is 0.0202. The van der Waals surface area contributed by atoms with Crippen molar-refractivity contribution in [3.05, 3.63) is 45.2 Å². The van der Waals surface area contributed by atoms with Crippen LogP contribution in [0.2, 0.25) is 0 Å². The molecule has 0 spiro atoms. The summed E-state index contributed by atoms with van der Waals surface area (Å²) in [6.07, 6.45) is 0. The molecule has 0 unspecified atom stereocenters. The number of carbonyl (C=O) groups excluding carboxylic acids is 1. The maximum Gasteiger partial charge on any atom is 0.187 e. The minimum absolute atomic E-state index is 0.0202. The Morgan fingerprint density at radius 3 is 2.29 bits per heavy atom. The highest BCUT2D eigenvalue weighted by Crippen LogP contribution is 2.17. The highest BCUT2D eigenvalue weighted by Gasteiger charge is 2.13. The summed E-state index contributed by atoms with van der Waals surface area (Å²) < 4.78 is 1.81. The van der Waals surface area contributed by atoms with Crippen molar-refractivity contribution in [1.82, 2.24) is 4.57 Å². The molecule has 0 saturated heterocycles. The van der Waals surface area contributed by atoms with Crippen molar-refractivity contribution >= 4 is 17.1 Å². The van der Waals surface area contributed by atoms with Gasteiger partial charge in [-0.2, -0.15) is 0 Å². The first-order valence-corrected chi connectivity index (χ1v) is 6.17. The standard InChI is InChI=1S/C13H14N2OS/c1-8-4-6-11(7-5-8)15-9(2)12(10(3)16)17-13(15)14/h4-7,14H,1-3H3. The number of aromatic nitrogens is 1. The number of benzene rings is 1. The largest absolute Gasteiger partial charge is 0.294 e. The lowest BCUT2D eigenvalue weighted by Gasteiger charge is -2.06. The lowest BCUT2D eigenvalue weighted by molar-refractivity contribution is 0.102. The molecule has 4 heteroatoms. The van der Waals surface area contributed by atoms with Crippen molar-refractivity contribution in [1.29, 1.82) is 5.41 Å². The molecule has 1 heterocycles. The van der Waals surface area contributed by atoms with Crippen LogP contribution in [0.1, 0.15) is 27.9 Å². The lowest BCUT2D eigenvalue weighted by atomic mass is 10.2. The zero-order valence-electron chi connectivity index (χ0n) is 10.1. The number of hydrogen-bond donors (Lipinski definition) is 1. The van der Waals surface area contributed by atoms with Gasteiger partial charge in [-0.1, -0.05) is 29.0 Å². The lowest BCUT2D eigenvalue weighted by Crippen LogP contribution is -2.12. The molecule has 0 fully saturated rings. The maximum atomic E-state index is 11.4. The number of aryl methyl sites for hydroxylation is 1. The van der Waals surface area contributed by atoms with Crippen molar-refractivity contribution in [2.24, 2.45) is 0 Å². The maximum absolute atomic E-state index is 11.4. The molecule has 17 heavy (non-hydrogen) atoms. The fourth-order valence-corrected chi connectivity index (χ4v) is 2.71. The van der Waals surface area contributed by atoms with Crippen LogP contribution in [0.25, 0.3) is 5.69 Å². The topological polar surface area (TPSA) is 45.9 Å². The van der Waals surface area contributed by atoms with E-state index in [0.29, 0.717) is 9.68 Å². The Morgan fingerprint density at radius 2 is 1.82 bits per heavy atom. The first-order valence-electron chi connectivity index (χ1n) is 5.35. The van der Waals surface area contributed by atoms with Gasteiger partial charge in [-0.3, -0.25) is 14.8 Å². The molecule has 1 aromatic heterocycles. The van der Waals surface area contributed by atoms with E-state index in [1.807, 2.05) is 38.1 Å². The van der Waals surface area contributed by atoms with Crippen LogP contribution in [-0.2, 0) is 0 Å². The quantitative estimate of drug-likeness (QED) is 0.814. The van der Waals surface area contributed by atoms with E-state index in [-0.39, 0.29) is 5.78 Å². The van der Waals surface area contributed by atoms with Gasteiger partial charge in [-0.15, -0.1) is 0 Å². The Labute approximate surface area is 104 Å². The summed E-state index contributed by atoms with van der Waals surface area (Å²) in [5, 5.41) is 7.95. The van der Waals surface area contributed by atoms with Crippen LogP contribution in [0.5, 0.6) is 0 Å². The monoisotopic (exact) mass is 246 g/mol. The Bertz CT molecular complexity index is 620. The fourth-order valence-electron chi connectivity index (χ4n) is 1.80. The number of rotatable bonds is 2. The van der Waals surface area contributed by atoms with Gasteiger partial charge in [0.25, 0.3) is 0 Å². The normalized spacial score (nSPS) is 10.5. The number of nitrogens with zero attached hydrogens (tertiary/aromatic N) is 1. The van der Waals surface area contributed by atoms with Crippen molar-refractivity contribution in [2.75, 3.05) is 0 Å². The van der Waals surface area contributed by atoms with E-state index in [9.17, 15) is 4.79 Å². The van der Waals surface area contributed by atoms with Gasteiger partial charge >= 0.3 is 0 Å². The van der Waals surface area contributed by atoms with Crippen LogP contribution in [0.3, 0.4) is 0 Å². The zero-order valence-corrected chi connectivity index (χ0v) is 10.9. The average molecular weight is 246 g/mol. The fraction of sp³-hybridized carbons (Fsp3) is 0.231. The van der Waals surface area contributed by atoms with Gasteiger partial charge in [-0.05, 0) is 26.0 Å². The van der Waals surface area contributed by atoms with Crippen LogP contribution in [0.4, 0.5) is 0 Å². The molecule has 0 atom stereocenters. The molecule has 1 aromatic carbocycles. The molecule has 0 bridgehead atoms. The van der Waals surface area contributed by atoms with E-state index in [2.05, 4.69) is 0 Å². The molecule has 0 aliphatic rings. The second kappa shape index (κ2) is 4.30. The summed E-state index contributed by atoms with van der Waals surface area (Å²) in [7, 11) is 0. The molecule has 0 radical (unpaired) electrons. The Balaban J connectivity index is 2.64. The number of ketones is 1. The zero-order chi connectivity index (χ0) is 12.6. The highest BCUT2D eigenvalue weighted by molar-refractivity contribution is 7.11. The third-order valence-corrected chi connectivity index (χ3v) is 3.84. The Hall–Kier alpha value is -1.68. The van der Waals surface area contributed by atoms with Crippen molar-refractivity contribution in [3.63, 3.8) is 0 Å². The average Bonchev–Trinajstić information content (AvgIpc) is 2.56. The number of nitrogens with one attached hydrogen (secondary N) is 1. The summed E-state index contributed by atoms with van der Waals surface area (Å²) in [5.41, 5.74) is 2.96. The van der Waals surface area contributed by atoms with Crippen LogP contribution in [0, 0.1) is 19.3 Å². The van der Waals surface area contributed by atoms with E-state index < -0.39 is 0 Å². The molecule has 2 rings (SSSR count). The van der Waals surface area contributed by atoms with Gasteiger partial charge < -0.3 is 0 Å². The van der Waals surface area contributed by atoms with Gasteiger partial charge in [0.1, 0.15) is 0 Å². The number of thiazole rings is 1. The summed E-state index contributed by atoms with van der Waals surface area (Å²) in [6, 6.07) is 7.95. The minimum Gasteiger partial charge on any atom is -0.294 e. The predicted octanol–water partition coefficient (Wildman–Crippen LogP) is 2.84. The minimum atomic E-state index is 0.0202. The van der Waals surface area contributed by atoms with Gasteiger partial charge in [0.05, 0.1) is 4.88 Å². The van der Waals surface area contributed by atoms with Crippen molar-refractivity contribution in [2.45, 2.75) is 20.8 Å².